The number of rotatable bonds is 8. The van der Waals surface area contributed by atoms with Gasteiger partial charge in [-0.25, -0.2) is 0 Å². The first kappa shape index (κ1) is 15.4. The van der Waals surface area contributed by atoms with Crippen LogP contribution in [0.1, 0.15) is 46.0 Å². The fourth-order valence-corrected chi connectivity index (χ4v) is 2.51. The normalized spacial score (nSPS) is 22.1. The molecule has 2 atom stereocenters. The third kappa shape index (κ3) is 5.83. The zero-order valence-electron chi connectivity index (χ0n) is 11.9. The van der Waals surface area contributed by atoms with Gasteiger partial charge in [-0.2, -0.15) is 0 Å². The van der Waals surface area contributed by atoms with E-state index < -0.39 is 0 Å². The number of hydrogen-bond donors (Lipinski definition) is 1. The van der Waals surface area contributed by atoms with E-state index in [1.54, 1.807) is 0 Å². The summed E-state index contributed by atoms with van der Waals surface area (Å²) in [6.07, 6.45) is 5.03. The third-order valence-corrected chi connectivity index (χ3v) is 3.71. The molecular weight excluding hydrogens is 228 g/mol. The van der Waals surface area contributed by atoms with Crippen molar-refractivity contribution in [2.75, 3.05) is 26.2 Å². The first-order valence-corrected chi connectivity index (χ1v) is 7.27. The summed E-state index contributed by atoms with van der Waals surface area (Å²) in [5, 5.41) is 0. The number of unbranched alkanes of at least 4 members (excludes halogenated alkanes) is 2. The summed E-state index contributed by atoms with van der Waals surface area (Å²) >= 11 is 0. The SMILES string of the molecule is CCOC(=O)CCCCCN1CCC(C(C)N)C1. The molecule has 4 nitrogen and oxygen atoms in total. The van der Waals surface area contributed by atoms with E-state index >= 15 is 0 Å². The molecule has 0 amide bonds. The molecule has 0 aromatic carbocycles. The average molecular weight is 256 g/mol. The molecule has 0 spiro atoms. The third-order valence-electron chi connectivity index (χ3n) is 3.71. The summed E-state index contributed by atoms with van der Waals surface area (Å²) < 4.78 is 4.90. The van der Waals surface area contributed by atoms with Crippen molar-refractivity contribution in [2.45, 2.75) is 52.0 Å². The molecule has 0 aromatic heterocycles. The molecule has 0 aliphatic carbocycles. The summed E-state index contributed by atoms with van der Waals surface area (Å²) in [6.45, 7) is 7.92. The van der Waals surface area contributed by atoms with E-state index in [-0.39, 0.29) is 5.97 Å². The van der Waals surface area contributed by atoms with Gasteiger partial charge in [-0.1, -0.05) is 6.42 Å². The summed E-state index contributed by atoms with van der Waals surface area (Å²) in [5.41, 5.74) is 5.92. The van der Waals surface area contributed by atoms with Gasteiger partial charge in [-0.15, -0.1) is 0 Å². The lowest BCUT2D eigenvalue weighted by molar-refractivity contribution is -0.143. The van der Waals surface area contributed by atoms with Crippen LogP contribution in [0.5, 0.6) is 0 Å². The number of likely N-dealkylation sites (tertiary alicyclic amines) is 1. The Morgan fingerprint density at radius 1 is 1.44 bits per heavy atom. The number of hydrogen-bond acceptors (Lipinski definition) is 4. The van der Waals surface area contributed by atoms with E-state index in [4.69, 9.17) is 10.5 Å². The Bertz CT molecular complexity index is 244. The highest BCUT2D eigenvalue weighted by molar-refractivity contribution is 5.69. The highest BCUT2D eigenvalue weighted by Gasteiger charge is 2.24. The molecule has 2 unspecified atom stereocenters. The highest BCUT2D eigenvalue weighted by Crippen LogP contribution is 2.19. The van der Waals surface area contributed by atoms with Crippen LogP contribution in [0, 0.1) is 5.92 Å². The van der Waals surface area contributed by atoms with Crippen LogP contribution in [0.15, 0.2) is 0 Å². The largest absolute Gasteiger partial charge is 0.466 e. The topological polar surface area (TPSA) is 55.6 Å². The molecule has 1 heterocycles. The fraction of sp³-hybridized carbons (Fsp3) is 0.929. The van der Waals surface area contributed by atoms with Crippen LogP contribution < -0.4 is 5.73 Å². The zero-order chi connectivity index (χ0) is 13.4. The highest BCUT2D eigenvalue weighted by atomic mass is 16.5. The second-order valence-electron chi connectivity index (χ2n) is 5.32. The van der Waals surface area contributed by atoms with Gasteiger partial charge in [-0.3, -0.25) is 4.79 Å². The molecule has 18 heavy (non-hydrogen) atoms. The summed E-state index contributed by atoms with van der Waals surface area (Å²) in [7, 11) is 0. The van der Waals surface area contributed by atoms with Gasteiger partial charge in [0, 0.05) is 19.0 Å². The molecule has 1 fully saturated rings. The first-order valence-electron chi connectivity index (χ1n) is 7.27. The van der Waals surface area contributed by atoms with Crippen LogP contribution in [-0.2, 0) is 9.53 Å². The Morgan fingerprint density at radius 2 is 2.22 bits per heavy atom. The Labute approximate surface area is 111 Å². The molecule has 0 radical (unpaired) electrons. The van der Waals surface area contributed by atoms with Crippen molar-refractivity contribution in [3.63, 3.8) is 0 Å². The molecule has 106 valence electrons. The second-order valence-corrected chi connectivity index (χ2v) is 5.32. The molecule has 1 rings (SSSR count). The minimum absolute atomic E-state index is 0.0595. The Balaban J connectivity index is 1.97. The smallest absolute Gasteiger partial charge is 0.305 e. The number of nitrogens with two attached hydrogens (primary N) is 1. The molecule has 1 aliphatic rings. The van der Waals surface area contributed by atoms with Crippen molar-refractivity contribution < 1.29 is 9.53 Å². The van der Waals surface area contributed by atoms with Crippen molar-refractivity contribution >= 4 is 5.97 Å². The second kappa shape index (κ2) is 8.48. The van der Waals surface area contributed by atoms with Crippen molar-refractivity contribution in [1.29, 1.82) is 0 Å². The number of nitrogens with zero attached hydrogens (tertiary/aromatic N) is 1. The summed E-state index contributed by atoms with van der Waals surface area (Å²) in [4.78, 5) is 13.6. The fourth-order valence-electron chi connectivity index (χ4n) is 2.51. The van der Waals surface area contributed by atoms with E-state index in [1.807, 2.05) is 6.92 Å². The quantitative estimate of drug-likeness (QED) is 0.531. The minimum atomic E-state index is -0.0595. The van der Waals surface area contributed by atoms with E-state index in [0.717, 1.165) is 25.9 Å². The van der Waals surface area contributed by atoms with E-state index in [9.17, 15) is 4.79 Å². The van der Waals surface area contributed by atoms with Crippen molar-refractivity contribution in [3.8, 4) is 0 Å². The lowest BCUT2D eigenvalue weighted by atomic mass is 10.0. The molecule has 0 saturated carbocycles. The number of ether oxygens (including phenoxy) is 1. The van der Waals surface area contributed by atoms with Crippen molar-refractivity contribution in [2.24, 2.45) is 11.7 Å². The number of carbonyl (C=O) groups is 1. The van der Waals surface area contributed by atoms with Crippen LogP contribution in [0.4, 0.5) is 0 Å². The molecule has 2 N–H and O–H groups in total. The predicted molar refractivity (Wildman–Crippen MR) is 73.3 cm³/mol. The predicted octanol–water partition coefficient (Wildman–Crippen LogP) is 1.78. The van der Waals surface area contributed by atoms with Crippen molar-refractivity contribution in [3.05, 3.63) is 0 Å². The van der Waals surface area contributed by atoms with Gasteiger partial charge >= 0.3 is 5.97 Å². The average Bonchev–Trinajstić information content (AvgIpc) is 2.78. The summed E-state index contributed by atoms with van der Waals surface area (Å²) in [6, 6.07) is 0.318. The lowest BCUT2D eigenvalue weighted by Gasteiger charge is -2.17. The van der Waals surface area contributed by atoms with Crippen molar-refractivity contribution in [1.82, 2.24) is 4.90 Å². The van der Waals surface area contributed by atoms with Crippen LogP contribution in [0.3, 0.4) is 0 Å². The Morgan fingerprint density at radius 3 is 2.83 bits per heavy atom. The van der Waals surface area contributed by atoms with Crippen LogP contribution in [-0.4, -0.2) is 43.2 Å². The van der Waals surface area contributed by atoms with Gasteiger partial charge in [0.15, 0.2) is 0 Å². The van der Waals surface area contributed by atoms with Gasteiger partial charge in [0.2, 0.25) is 0 Å². The molecule has 4 heteroatoms. The van der Waals surface area contributed by atoms with E-state index in [1.165, 1.54) is 19.4 Å². The van der Waals surface area contributed by atoms with Crippen LogP contribution >= 0.6 is 0 Å². The molecule has 0 bridgehead atoms. The molecular formula is C14H28N2O2. The van der Waals surface area contributed by atoms with Gasteiger partial charge in [-0.05, 0) is 52.1 Å². The molecule has 1 saturated heterocycles. The maximum absolute atomic E-state index is 11.1. The van der Waals surface area contributed by atoms with E-state index in [0.29, 0.717) is 25.0 Å². The monoisotopic (exact) mass is 256 g/mol. The maximum Gasteiger partial charge on any atom is 0.305 e. The first-order chi connectivity index (χ1) is 8.63. The number of esters is 1. The van der Waals surface area contributed by atoms with Crippen LogP contribution in [0.2, 0.25) is 0 Å². The van der Waals surface area contributed by atoms with Gasteiger partial charge in [0.1, 0.15) is 0 Å². The van der Waals surface area contributed by atoms with Gasteiger partial charge in [0.05, 0.1) is 6.61 Å². The zero-order valence-corrected chi connectivity index (χ0v) is 11.9. The van der Waals surface area contributed by atoms with E-state index in [2.05, 4.69) is 11.8 Å². The maximum atomic E-state index is 11.1. The standard InChI is InChI=1S/C14H28N2O2/c1-3-18-14(17)7-5-4-6-9-16-10-8-13(11-16)12(2)15/h12-13H,3-11,15H2,1-2H3. The number of carbonyl (C=O) groups excluding carboxylic acids is 1. The minimum Gasteiger partial charge on any atom is -0.466 e. The molecule has 1 aliphatic heterocycles. The van der Waals surface area contributed by atoms with Gasteiger partial charge < -0.3 is 15.4 Å². The summed E-state index contributed by atoms with van der Waals surface area (Å²) in [5.74, 6) is 0.611. The lowest BCUT2D eigenvalue weighted by Crippen LogP contribution is -2.30. The Hall–Kier alpha value is -0.610. The van der Waals surface area contributed by atoms with Crippen LogP contribution in [0.25, 0.3) is 0 Å². The Kier molecular flexibility index (Phi) is 7.28. The van der Waals surface area contributed by atoms with Gasteiger partial charge in [0.25, 0.3) is 0 Å². The molecule has 0 aromatic rings.